The molecule has 0 unspecified atom stereocenters. The Bertz CT molecular complexity index is 35.1. The van der Waals surface area contributed by atoms with E-state index in [-0.39, 0.29) is 0 Å². The maximum atomic E-state index is 3.06. The van der Waals surface area contributed by atoms with Crippen LogP contribution in [0.15, 0.2) is 0 Å². The van der Waals surface area contributed by atoms with E-state index in [9.17, 15) is 0 Å². The van der Waals surface area contributed by atoms with Gasteiger partial charge in [0.1, 0.15) is 20.6 Å². The monoisotopic (exact) mass is 102 g/mol. The fraction of sp³-hybridized carbons (Fsp3) is 1.00. The molecule has 0 spiro atoms. The quantitative estimate of drug-likeness (QED) is 0.480. The predicted molar refractivity (Wildman–Crippen MR) is 32.8 cm³/mol. The zero-order valence-electron chi connectivity index (χ0n) is 5.36. The molecule has 1 radical (unpaired) electrons. The van der Waals surface area contributed by atoms with E-state index >= 15 is 0 Å². The van der Waals surface area contributed by atoms with Crippen molar-refractivity contribution in [1.82, 2.24) is 10.2 Å². The average Bonchev–Trinajstić information content (AvgIpc) is 1.61. The smallest absolute Gasteiger partial charge is 0.134 e. The normalized spacial score (nSPS) is 10.3. The highest BCUT2D eigenvalue weighted by molar-refractivity contribution is 4.48. The minimum Gasteiger partial charge on any atom is -0.314 e. The number of likely N-dealkylation sites (N-methyl/N-ethyl adjacent to an activating group) is 2. The number of hydrogen-bond acceptors (Lipinski definition) is 2. The summed E-state index contributed by atoms with van der Waals surface area (Å²) in [6, 6.07) is 0. The molecule has 0 aromatic heterocycles. The summed E-state index contributed by atoms with van der Waals surface area (Å²) >= 11 is 0. The van der Waals surface area contributed by atoms with E-state index in [2.05, 4.69) is 24.3 Å². The first-order valence-electron chi connectivity index (χ1n) is 2.56. The third-order valence-corrected chi connectivity index (χ3v) is 0.809. The molecule has 43 valence electrons. The first-order valence-corrected chi connectivity index (χ1v) is 2.56. The maximum absolute atomic E-state index is 3.06. The second-order valence-electron chi connectivity index (χ2n) is 1.91. The lowest BCUT2D eigenvalue weighted by Crippen LogP contribution is -2.28. The second kappa shape index (κ2) is 4.09. The Morgan fingerprint density at radius 3 is 2.14 bits per heavy atom. The van der Waals surface area contributed by atoms with Gasteiger partial charge in [-0.2, -0.15) is 4.90 Å². The molecule has 0 fully saturated rings. The second-order valence-corrected chi connectivity index (χ2v) is 1.91. The van der Waals surface area contributed by atoms with Crippen molar-refractivity contribution in [3.63, 3.8) is 0 Å². The fourth-order valence-corrected chi connectivity index (χ4v) is 0.335. The first-order chi connectivity index (χ1) is 3.27. The van der Waals surface area contributed by atoms with Gasteiger partial charge in [-0.1, -0.05) is 0 Å². The number of nitrogens with one attached hydrogen (secondary N) is 1. The molecule has 0 aromatic rings. The van der Waals surface area contributed by atoms with Crippen LogP contribution in [0.5, 0.6) is 0 Å². The lowest BCUT2D eigenvalue weighted by molar-refractivity contribution is 0.547. The summed E-state index contributed by atoms with van der Waals surface area (Å²) in [5.41, 5.74) is 0. The molecule has 2 nitrogen and oxygen atoms in total. The van der Waals surface area contributed by atoms with Gasteiger partial charge in [-0.3, -0.25) is 0 Å². The van der Waals surface area contributed by atoms with Crippen LogP contribution in [0.3, 0.4) is 0 Å². The van der Waals surface area contributed by atoms with Gasteiger partial charge in [-0.15, -0.1) is 0 Å². The number of hydrogen-bond donors (Lipinski definition) is 1. The molecule has 1 N–H and O–H groups in total. The van der Waals surface area contributed by atoms with E-state index in [1.54, 1.807) is 0 Å². The van der Waals surface area contributed by atoms with E-state index in [0.29, 0.717) is 0 Å². The molecule has 0 aliphatic rings. The summed E-state index contributed by atoms with van der Waals surface area (Å²) < 4.78 is 0. The minimum atomic E-state index is 1.08. The lowest BCUT2D eigenvalue weighted by Gasteiger charge is -1.96. The molecule has 0 saturated carbocycles. The van der Waals surface area contributed by atoms with Crippen LogP contribution < -0.4 is 10.2 Å². The molecule has 0 atom stereocenters. The fourth-order valence-electron chi connectivity index (χ4n) is 0.335. The highest BCUT2D eigenvalue weighted by Gasteiger charge is 1.92. The Labute approximate surface area is 45.5 Å². The van der Waals surface area contributed by atoms with Crippen LogP contribution in [-0.2, 0) is 0 Å². The van der Waals surface area contributed by atoms with Gasteiger partial charge >= 0.3 is 0 Å². The van der Waals surface area contributed by atoms with Crippen molar-refractivity contribution in [1.29, 1.82) is 0 Å². The van der Waals surface area contributed by atoms with Crippen molar-refractivity contribution < 1.29 is 0 Å². The Kier molecular flexibility index (Phi) is 4.04. The van der Waals surface area contributed by atoms with Crippen LogP contribution in [0.1, 0.15) is 0 Å². The molecule has 0 saturated heterocycles. The average molecular weight is 102 g/mol. The van der Waals surface area contributed by atoms with Crippen molar-refractivity contribution in [3.05, 3.63) is 0 Å². The Balaban J connectivity index is 2.68. The minimum absolute atomic E-state index is 1.08. The van der Waals surface area contributed by atoms with E-state index < -0.39 is 0 Å². The van der Waals surface area contributed by atoms with E-state index in [4.69, 9.17) is 0 Å². The molecule has 0 aliphatic heterocycles. The highest BCUT2D eigenvalue weighted by Crippen LogP contribution is 1.61. The Morgan fingerprint density at radius 2 is 2.00 bits per heavy atom. The lowest BCUT2D eigenvalue weighted by atomic mass is 10.6. The number of rotatable bonds is 3. The zero-order valence-corrected chi connectivity index (χ0v) is 5.36. The van der Waals surface area contributed by atoms with Crippen molar-refractivity contribution in [2.45, 2.75) is 0 Å². The SMILES string of the molecule is CNCC[N+](C)C. The summed E-state index contributed by atoms with van der Waals surface area (Å²) in [5.74, 6) is 0. The summed E-state index contributed by atoms with van der Waals surface area (Å²) in [4.78, 5) is 2.15. The van der Waals surface area contributed by atoms with Gasteiger partial charge in [0.2, 0.25) is 0 Å². The highest BCUT2D eigenvalue weighted by atomic mass is 15.1. The number of nitrogens with zero attached hydrogens (tertiary/aromatic N) is 1. The van der Waals surface area contributed by atoms with Gasteiger partial charge in [0.15, 0.2) is 0 Å². The molecular weight excluding hydrogens is 88.1 g/mol. The van der Waals surface area contributed by atoms with Gasteiger partial charge < -0.3 is 5.32 Å². The van der Waals surface area contributed by atoms with E-state index in [1.165, 1.54) is 0 Å². The molecule has 7 heavy (non-hydrogen) atoms. The third-order valence-electron chi connectivity index (χ3n) is 0.809. The van der Waals surface area contributed by atoms with Crippen molar-refractivity contribution in [2.24, 2.45) is 0 Å². The van der Waals surface area contributed by atoms with Gasteiger partial charge in [0.05, 0.1) is 0 Å². The molecular formula is C5H14N2+. The van der Waals surface area contributed by atoms with Gasteiger partial charge in [-0.25, -0.2) is 0 Å². The van der Waals surface area contributed by atoms with Crippen LogP contribution in [0.2, 0.25) is 0 Å². The molecule has 0 bridgehead atoms. The van der Waals surface area contributed by atoms with Crippen LogP contribution in [0.4, 0.5) is 0 Å². The van der Waals surface area contributed by atoms with E-state index in [0.717, 1.165) is 13.1 Å². The van der Waals surface area contributed by atoms with Crippen LogP contribution in [-0.4, -0.2) is 34.2 Å². The van der Waals surface area contributed by atoms with Crippen LogP contribution in [0, 0.1) is 0 Å². The van der Waals surface area contributed by atoms with E-state index in [1.807, 2.05) is 7.05 Å². The maximum Gasteiger partial charge on any atom is 0.134 e. The van der Waals surface area contributed by atoms with Gasteiger partial charge in [0.25, 0.3) is 0 Å². The summed E-state index contributed by atoms with van der Waals surface area (Å²) in [6.07, 6.45) is 0. The van der Waals surface area contributed by atoms with Crippen LogP contribution >= 0.6 is 0 Å². The molecule has 2 heteroatoms. The topological polar surface area (TPSA) is 17.9 Å². The molecule has 0 rings (SSSR count). The standard InChI is InChI=1S/C5H14N2/c1-6-4-5-7(2)3/h6H,4-5H2,1-3H3/q+1. The largest absolute Gasteiger partial charge is 0.314 e. The molecule has 0 aromatic carbocycles. The van der Waals surface area contributed by atoms with Crippen LogP contribution in [0.25, 0.3) is 0 Å². The van der Waals surface area contributed by atoms with Crippen molar-refractivity contribution in [3.8, 4) is 0 Å². The Morgan fingerprint density at radius 1 is 1.43 bits per heavy atom. The van der Waals surface area contributed by atoms with Crippen molar-refractivity contribution in [2.75, 3.05) is 34.2 Å². The van der Waals surface area contributed by atoms with Gasteiger partial charge in [-0.05, 0) is 7.05 Å². The first kappa shape index (κ1) is 6.92. The zero-order chi connectivity index (χ0) is 5.70. The summed E-state index contributed by atoms with van der Waals surface area (Å²) in [5, 5.41) is 3.06. The van der Waals surface area contributed by atoms with Crippen molar-refractivity contribution >= 4 is 0 Å². The molecule has 0 aliphatic carbocycles. The third kappa shape index (κ3) is 5.92. The summed E-state index contributed by atoms with van der Waals surface area (Å²) in [7, 11) is 6.10. The predicted octanol–water partition coefficient (Wildman–Crippen LogP) is -0.394. The Hall–Kier alpha value is -0.0800. The molecule has 0 heterocycles. The molecule has 0 amide bonds. The summed E-state index contributed by atoms with van der Waals surface area (Å²) in [6.45, 7) is 2.20. The van der Waals surface area contributed by atoms with Gasteiger partial charge in [0, 0.05) is 6.54 Å².